The lowest BCUT2D eigenvalue weighted by Crippen LogP contribution is -2.53. The molecule has 0 radical (unpaired) electrons. The summed E-state index contributed by atoms with van der Waals surface area (Å²) in [6, 6.07) is 0.828. The molecule has 0 aromatic carbocycles. The maximum Gasteiger partial charge on any atom is 0.407 e. The van der Waals surface area contributed by atoms with Crippen molar-refractivity contribution in [3.8, 4) is 0 Å². The molecule has 0 saturated heterocycles. The maximum absolute atomic E-state index is 11.6. The molecule has 0 aromatic rings. The lowest BCUT2D eigenvalue weighted by Gasteiger charge is -2.37. The molecule has 2 N–H and O–H groups in total. The summed E-state index contributed by atoms with van der Waals surface area (Å²) < 4.78 is 5.26. The summed E-state index contributed by atoms with van der Waals surface area (Å²) >= 11 is 0. The van der Waals surface area contributed by atoms with Gasteiger partial charge in [-0.2, -0.15) is 0 Å². The van der Waals surface area contributed by atoms with Crippen LogP contribution in [0.4, 0.5) is 4.79 Å². The van der Waals surface area contributed by atoms with Crippen LogP contribution in [0.25, 0.3) is 0 Å². The van der Waals surface area contributed by atoms with Crippen LogP contribution in [-0.4, -0.2) is 30.3 Å². The summed E-state index contributed by atoms with van der Waals surface area (Å²) in [5.41, 5.74) is -0.417. The van der Waals surface area contributed by atoms with Crippen LogP contribution in [0.5, 0.6) is 0 Å². The van der Waals surface area contributed by atoms with Crippen LogP contribution in [0.1, 0.15) is 52.9 Å². The van der Waals surface area contributed by atoms with Crippen molar-refractivity contribution in [3.63, 3.8) is 0 Å². The van der Waals surface area contributed by atoms with Crippen LogP contribution in [0.15, 0.2) is 12.2 Å². The Morgan fingerprint density at radius 3 is 2.60 bits per heavy atom. The van der Waals surface area contributed by atoms with Gasteiger partial charge in [-0.25, -0.2) is 4.79 Å². The highest BCUT2D eigenvalue weighted by atomic mass is 16.6. The highest BCUT2D eigenvalue weighted by Crippen LogP contribution is 2.23. The Bertz CT molecular complexity index is 354. The van der Waals surface area contributed by atoms with Crippen molar-refractivity contribution >= 4 is 6.09 Å². The van der Waals surface area contributed by atoms with E-state index in [1.54, 1.807) is 0 Å². The largest absolute Gasteiger partial charge is 0.444 e. The van der Waals surface area contributed by atoms with E-state index < -0.39 is 5.60 Å². The van der Waals surface area contributed by atoms with Crippen molar-refractivity contribution in [1.29, 1.82) is 0 Å². The molecule has 0 aromatic heterocycles. The summed E-state index contributed by atoms with van der Waals surface area (Å²) in [4.78, 5) is 11.6. The van der Waals surface area contributed by atoms with Gasteiger partial charge in [0.05, 0.1) is 0 Å². The number of rotatable bonds is 4. The fourth-order valence-electron chi connectivity index (χ4n) is 2.75. The summed E-state index contributed by atoms with van der Waals surface area (Å²) in [5, 5.41) is 6.54. The Hall–Kier alpha value is -1.03. The molecule has 2 aliphatic rings. The van der Waals surface area contributed by atoms with E-state index in [0.29, 0.717) is 6.04 Å². The number of hydrogen-bond donors (Lipinski definition) is 2. The second-order valence-corrected chi connectivity index (χ2v) is 7.07. The van der Waals surface area contributed by atoms with Gasteiger partial charge in [0.25, 0.3) is 0 Å². The molecule has 2 rings (SSSR count). The smallest absolute Gasteiger partial charge is 0.407 e. The van der Waals surface area contributed by atoms with Gasteiger partial charge in [-0.15, -0.1) is 0 Å². The van der Waals surface area contributed by atoms with Gasteiger partial charge < -0.3 is 15.4 Å². The first kappa shape index (κ1) is 15.4. The first-order valence-electron chi connectivity index (χ1n) is 7.80. The number of hydrogen-bond acceptors (Lipinski definition) is 3. The molecule has 4 heteroatoms. The average Bonchev–Trinajstić information content (AvgIpc) is 2.31. The summed E-state index contributed by atoms with van der Waals surface area (Å²) in [7, 11) is 0. The predicted octanol–water partition coefficient (Wildman–Crippen LogP) is 2.99. The van der Waals surface area contributed by atoms with Gasteiger partial charge in [0.1, 0.15) is 5.60 Å². The van der Waals surface area contributed by atoms with Crippen molar-refractivity contribution in [2.45, 2.75) is 70.6 Å². The van der Waals surface area contributed by atoms with E-state index in [1.807, 2.05) is 20.8 Å². The molecule has 1 fully saturated rings. The summed E-state index contributed by atoms with van der Waals surface area (Å²) in [5.74, 6) is 0.790. The van der Waals surface area contributed by atoms with Gasteiger partial charge in [0, 0.05) is 12.1 Å². The van der Waals surface area contributed by atoms with Crippen molar-refractivity contribution < 1.29 is 9.53 Å². The number of nitrogens with one attached hydrogen (secondary N) is 2. The Balaban J connectivity index is 1.55. The monoisotopic (exact) mass is 280 g/mol. The molecule has 1 saturated carbocycles. The second kappa shape index (κ2) is 6.61. The zero-order chi connectivity index (χ0) is 14.6. The van der Waals surface area contributed by atoms with Crippen LogP contribution < -0.4 is 10.6 Å². The summed E-state index contributed by atoms with van der Waals surface area (Å²) in [6.45, 7) is 6.76. The molecule has 0 heterocycles. The normalized spacial score (nSPS) is 29.6. The molecule has 0 bridgehead atoms. The van der Waals surface area contributed by atoms with Crippen molar-refractivity contribution in [2.24, 2.45) is 5.92 Å². The van der Waals surface area contributed by atoms with Crippen molar-refractivity contribution in [2.75, 3.05) is 6.54 Å². The van der Waals surface area contributed by atoms with Gasteiger partial charge >= 0.3 is 6.09 Å². The molecule has 20 heavy (non-hydrogen) atoms. The van der Waals surface area contributed by atoms with Crippen LogP contribution in [0, 0.1) is 5.92 Å². The molecular weight excluding hydrogens is 252 g/mol. The van der Waals surface area contributed by atoms with Crippen LogP contribution in [0.2, 0.25) is 0 Å². The maximum atomic E-state index is 11.6. The van der Waals surface area contributed by atoms with E-state index in [2.05, 4.69) is 22.8 Å². The molecule has 1 atom stereocenters. The molecule has 0 aliphatic heterocycles. The lowest BCUT2D eigenvalue weighted by atomic mass is 9.86. The highest BCUT2D eigenvalue weighted by Gasteiger charge is 2.31. The molecule has 0 spiro atoms. The number of carbonyl (C=O) groups is 1. The van der Waals surface area contributed by atoms with Gasteiger partial charge in [-0.3, -0.25) is 0 Å². The fourth-order valence-corrected chi connectivity index (χ4v) is 2.75. The topological polar surface area (TPSA) is 50.4 Å². The fraction of sp³-hybridized carbons (Fsp3) is 0.812. The number of amides is 1. The van der Waals surface area contributed by atoms with E-state index in [4.69, 9.17) is 4.74 Å². The average molecular weight is 280 g/mol. The van der Waals surface area contributed by atoms with E-state index >= 15 is 0 Å². The third-order valence-electron chi connectivity index (χ3n) is 3.93. The number of ether oxygens (including phenoxy) is 1. The Labute approximate surface area is 122 Å². The standard InChI is InChI=1S/C16H28N2O2/c1-16(2,3)20-15(19)18-14-9-13(10-14)17-11-12-7-5-4-6-8-12/h4-5,12-14,17H,6-11H2,1-3H3,(H,18,19). The van der Waals surface area contributed by atoms with Gasteiger partial charge in [0.2, 0.25) is 0 Å². The quantitative estimate of drug-likeness (QED) is 0.778. The van der Waals surface area contributed by atoms with Crippen LogP contribution >= 0.6 is 0 Å². The van der Waals surface area contributed by atoms with E-state index in [1.165, 1.54) is 19.3 Å². The number of alkyl carbamates (subject to hydrolysis) is 1. The molecular formula is C16H28N2O2. The molecule has 1 amide bonds. The zero-order valence-electron chi connectivity index (χ0n) is 12.9. The minimum Gasteiger partial charge on any atom is -0.444 e. The SMILES string of the molecule is CC(C)(C)OC(=O)NC1CC(NCC2CC=CCC2)C1. The molecule has 114 valence electrons. The van der Waals surface area contributed by atoms with Crippen LogP contribution in [0.3, 0.4) is 0 Å². The Kier molecular flexibility index (Phi) is 5.08. The van der Waals surface area contributed by atoms with Gasteiger partial charge in [-0.1, -0.05) is 12.2 Å². The van der Waals surface area contributed by atoms with Crippen molar-refractivity contribution in [3.05, 3.63) is 12.2 Å². The van der Waals surface area contributed by atoms with Gasteiger partial charge in [-0.05, 0) is 65.3 Å². The van der Waals surface area contributed by atoms with E-state index in [-0.39, 0.29) is 12.1 Å². The molecule has 2 aliphatic carbocycles. The van der Waals surface area contributed by atoms with Crippen LogP contribution in [-0.2, 0) is 4.74 Å². The Morgan fingerprint density at radius 2 is 2.00 bits per heavy atom. The predicted molar refractivity (Wildman–Crippen MR) is 80.7 cm³/mol. The Morgan fingerprint density at radius 1 is 1.25 bits per heavy atom. The first-order chi connectivity index (χ1) is 9.42. The van der Waals surface area contributed by atoms with E-state index in [9.17, 15) is 4.79 Å². The number of allylic oxidation sites excluding steroid dienone is 2. The third kappa shape index (κ3) is 5.16. The summed E-state index contributed by atoms with van der Waals surface area (Å²) in [6.07, 6.45) is 10.0. The minimum absolute atomic E-state index is 0.272. The van der Waals surface area contributed by atoms with E-state index in [0.717, 1.165) is 25.3 Å². The van der Waals surface area contributed by atoms with Crippen molar-refractivity contribution in [1.82, 2.24) is 10.6 Å². The first-order valence-corrected chi connectivity index (χ1v) is 7.80. The zero-order valence-corrected chi connectivity index (χ0v) is 12.9. The number of carbonyl (C=O) groups excluding carboxylic acids is 1. The van der Waals surface area contributed by atoms with Gasteiger partial charge in [0.15, 0.2) is 0 Å². The minimum atomic E-state index is -0.417. The second-order valence-electron chi connectivity index (χ2n) is 7.07. The third-order valence-corrected chi connectivity index (χ3v) is 3.93. The lowest BCUT2D eigenvalue weighted by molar-refractivity contribution is 0.0464. The highest BCUT2D eigenvalue weighted by molar-refractivity contribution is 5.68. The molecule has 4 nitrogen and oxygen atoms in total. The molecule has 1 unspecified atom stereocenters.